The number of hydrogen-bond acceptors (Lipinski definition) is 1. The Balaban J connectivity index is 1.95. The number of aliphatic hydroxyl groups is 1. The van der Waals surface area contributed by atoms with E-state index < -0.39 is 0 Å². The van der Waals surface area contributed by atoms with Gasteiger partial charge in [-0.2, -0.15) is 0 Å². The number of aryl methyl sites for hydroxylation is 2. The highest BCUT2D eigenvalue weighted by Gasteiger charge is 2.33. The van der Waals surface area contributed by atoms with Gasteiger partial charge >= 0.3 is 0 Å². The van der Waals surface area contributed by atoms with Crippen molar-refractivity contribution in [3.63, 3.8) is 0 Å². The molecular weight excluding hydrogens is 172 g/mol. The summed E-state index contributed by atoms with van der Waals surface area (Å²) >= 11 is 0. The van der Waals surface area contributed by atoms with Crippen LogP contribution in [-0.2, 0) is 6.42 Å². The molecule has 14 heavy (non-hydrogen) atoms. The molecule has 0 saturated heterocycles. The second-order valence-electron chi connectivity index (χ2n) is 4.50. The van der Waals surface area contributed by atoms with Crippen molar-refractivity contribution in [3.05, 3.63) is 35.4 Å². The fourth-order valence-corrected chi connectivity index (χ4v) is 2.09. The molecular formula is C13H18O. The van der Waals surface area contributed by atoms with Crippen molar-refractivity contribution in [3.8, 4) is 0 Å². The molecule has 1 fully saturated rings. The normalized spacial score (nSPS) is 19.0. The summed E-state index contributed by atoms with van der Waals surface area (Å²) in [6.45, 7) is 2.14. The molecule has 1 aliphatic carbocycles. The molecule has 2 rings (SSSR count). The van der Waals surface area contributed by atoms with Gasteiger partial charge in [-0.3, -0.25) is 0 Å². The summed E-state index contributed by atoms with van der Waals surface area (Å²) in [5.41, 5.74) is 2.39. The molecule has 0 radical (unpaired) electrons. The molecule has 0 aromatic heterocycles. The van der Waals surface area contributed by atoms with E-state index >= 15 is 0 Å². The molecule has 0 amide bonds. The molecule has 1 aromatic carbocycles. The molecule has 1 heteroatoms. The summed E-state index contributed by atoms with van der Waals surface area (Å²) in [6.07, 6.45) is 5.14. The van der Waals surface area contributed by atoms with Crippen LogP contribution in [0.2, 0.25) is 0 Å². The van der Waals surface area contributed by atoms with Gasteiger partial charge in [0.1, 0.15) is 0 Å². The Labute approximate surface area is 85.8 Å². The first kappa shape index (κ1) is 9.72. The van der Waals surface area contributed by atoms with Gasteiger partial charge in [-0.05, 0) is 50.2 Å². The molecule has 1 saturated carbocycles. The lowest BCUT2D eigenvalue weighted by molar-refractivity contribution is -0.0397. The summed E-state index contributed by atoms with van der Waals surface area (Å²) in [5.74, 6) is 0. The lowest BCUT2D eigenvalue weighted by Gasteiger charge is -2.36. The molecule has 1 aromatic rings. The number of hydrogen-bond donors (Lipinski definition) is 1. The van der Waals surface area contributed by atoms with E-state index in [2.05, 4.69) is 31.2 Å². The lowest BCUT2D eigenvalue weighted by atomic mass is 9.76. The lowest BCUT2D eigenvalue weighted by Crippen LogP contribution is -2.37. The van der Waals surface area contributed by atoms with Crippen LogP contribution in [0.5, 0.6) is 0 Å². The Morgan fingerprint density at radius 2 is 2.00 bits per heavy atom. The van der Waals surface area contributed by atoms with Gasteiger partial charge in [0.25, 0.3) is 0 Å². The van der Waals surface area contributed by atoms with Crippen LogP contribution in [0.15, 0.2) is 24.3 Å². The van der Waals surface area contributed by atoms with Gasteiger partial charge in [0, 0.05) is 0 Å². The van der Waals surface area contributed by atoms with E-state index in [4.69, 9.17) is 0 Å². The largest absolute Gasteiger partial charge is 0.390 e. The van der Waals surface area contributed by atoms with Crippen LogP contribution in [0.3, 0.4) is 0 Å². The summed E-state index contributed by atoms with van der Waals surface area (Å²) in [7, 11) is 0. The monoisotopic (exact) mass is 190 g/mol. The van der Waals surface area contributed by atoms with E-state index in [9.17, 15) is 5.11 Å². The Morgan fingerprint density at radius 3 is 2.57 bits per heavy atom. The molecule has 0 heterocycles. The van der Waals surface area contributed by atoms with E-state index in [1.165, 1.54) is 17.5 Å². The first-order valence-corrected chi connectivity index (χ1v) is 5.47. The topological polar surface area (TPSA) is 20.2 Å². The van der Waals surface area contributed by atoms with Crippen LogP contribution >= 0.6 is 0 Å². The predicted octanol–water partition coefficient (Wildman–Crippen LogP) is 2.84. The highest BCUT2D eigenvalue weighted by Crippen LogP contribution is 2.35. The third kappa shape index (κ3) is 1.98. The van der Waals surface area contributed by atoms with Crippen molar-refractivity contribution in [2.45, 2.75) is 44.6 Å². The Bertz CT molecular complexity index is 313. The molecule has 0 aliphatic heterocycles. The maximum absolute atomic E-state index is 9.96. The van der Waals surface area contributed by atoms with Gasteiger partial charge in [0.2, 0.25) is 0 Å². The fourth-order valence-electron chi connectivity index (χ4n) is 2.09. The quantitative estimate of drug-likeness (QED) is 0.777. The smallest absolute Gasteiger partial charge is 0.0651 e. The summed E-state index contributed by atoms with van der Waals surface area (Å²) < 4.78 is 0. The van der Waals surface area contributed by atoms with Crippen LogP contribution in [0.4, 0.5) is 0 Å². The predicted molar refractivity (Wildman–Crippen MR) is 58.3 cm³/mol. The second-order valence-corrected chi connectivity index (χ2v) is 4.50. The Morgan fingerprint density at radius 1 is 1.29 bits per heavy atom. The number of rotatable bonds is 3. The minimum absolute atomic E-state index is 0.331. The van der Waals surface area contributed by atoms with Crippen LogP contribution in [0, 0.1) is 6.92 Å². The SMILES string of the molecule is Cc1ccccc1CCC1(O)CCC1. The zero-order chi connectivity index (χ0) is 10.0. The first-order valence-electron chi connectivity index (χ1n) is 5.47. The van der Waals surface area contributed by atoms with E-state index in [1.54, 1.807) is 0 Å². The van der Waals surface area contributed by atoms with Gasteiger partial charge < -0.3 is 5.11 Å². The van der Waals surface area contributed by atoms with Crippen molar-refractivity contribution in [1.29, 1.82) is 0 Å². The Hall–Kier alpha value is -0.820. The van der Waals surface area contributed by atoms with Crippen molar-refractivity contribution in [1.82, 2.24) is 0 Å². The average molecular weight is 190 g/mol. The fraction of sp³-hybridized carbons (Fsp3) is 0.538. The molecule has 0 bridgehead atoms. The molecule has 1 aliphatic rings. The minimum Gasteiger partial charge on any atom is -0.390 e. The van der Waals surface area contributed by atoms with E-state index in [1.807, 2.05) is 0 Å². The van der Waals surface area contributed by atoms with Crippen molar-refractivity contribution in [2.75, 3.05) is 0 Å². The van der Waals surface area contributed by atoms with E-state index in [0.717, 1.165) is 25.7 Å². The number of benzene rings is 1. The van der Waals surface area contributed by atoms with Gasteiger partial charge in [0.05, 0.1) is 5.60 Å². The zero-order valence-electron chi connectivity index (χ0n) is 8.79. The average Bonchev–Trinajstić information content (AvgIpc) is 2.14. The van der Waals surface area contributed by atoms with Crippen molar-refractivity contribution >= 4 is 0 Å². The maximum atomic E-state index is 9.96. The van der Waals surface area contributed by atoms with Crippen LogP contribution < -0.4 is 0 Å². The third-order valence-corrected chi connectivity index (χ3v) is 3.41. The standard InChI is InChI=1S/C13H18O/c1-11-5-2-3-6-12(11)7-10-13(14)8-4-9-13/h2-3,5-6,14H,4,7-10H2,1H3. The third-order valence-electron chi connectivity index (χ3n) is 3.41. The maximum Gasteiger partial charge on any atom is 0.0651 e. The first-order chi connectivity index (χ1) is 6.70. The van der Waals surface area contributed by atoms with Crippen LogP contribution in [0.1, 0.15) is 36.8 Å². The highest BCUT2D eigenvalue weighted by molar-refractivity contribution is 5.25. The zero-order valence-corrected chi connectivity index (χ0v) is 8.79. The summed E-state index contributed by atoms with van der Waals surface area (Å²) in [6, 6.07) is 8.45. The Kier molecular flexibility index (Phi) is 2.60. The van der Waals surface area contributed by atoms with Crippen molar-refractivity contribution < 1.29 is 5.11 Å². The van der Waals surface area contributed by atoms with Gasteiger partial charge in [-0.1, -0.05) is 24.3 Å². The van der Waals surface area contributed by atoms with E-state index in [0.29, 0.717) is 0 Å². The summed E-state index contributed by atoms with van der Waals surface area (Å²) in [5, 5.41) is 9.96. The van der Waals surface area contributed by atoms with E-state index in [-0.39, 0.29) is 5.60 Å². The van der Waals surface area contributed by atoms with Gasteiger partial charge in [-0.25, -0.2) is 0 Å². The molecule has 1 N–H and O–H groups in total. The van der Waals surface area contributed by atoms with Crippen LogP contribution in [0.25, 0.3) is 0 Å². The molecule has 1 nitrogen and oxygen atoms in total. The molecule has 0 atom stereocenters. The van der Waals surface area contributed by atoms with Crippen LogP contribution in [-0.4, -0.2) is 10.7 Å². The second kappa shape index (κ2) is 3.74. The molecule has 0 spiro atoms. The molecule has 76 valence electrons. The van der Waals surface area contributed by atoms with Gasteiger partial charge in [0.15, 0.2) is 0 Å². The molecule has 0 unspecified atom stereocenters. The highest BCUT2D eigenvalue weighted by atomic mass is 16.3. The van der Waals surface area contributed by atoms with Gasteiger partial charge in [-0.15, -0.1) is 0 Å². The summed E-state index contributed by atoms with van der Waals surface area (Å²) in [4.78, 5) is 0. The minimum atomic E-state index is -0.331. The van der Waals surface area contributed by atoms with Crippen molar-refractivity contribution in [2.24, 2.45) is 0 Å².